The van der Waals surface area contributed by atoms with Gasteiger partial charge in [-0.1, -0.05) is 63.6 Å². The molecule has 0 aliphatic heterocycles. The van der Waals surface area contributed by atoms with Gasteiger partial charge in [-0.05, 0) is 24.5 Å². The van der Waals surface area contributed by atoms with Crippen molar-refractivity contribution in [3.63, 3.8) is 0 Å². The standard InChI is InChI=1S/C15H24O.C2H6O2.C2H4/c1-2-3-4-5-6-7-8-11-14-12-9-10-13-15(14)16;3-1-2-4;1-2/h9-10,12-13,16H,2-8,11H2,1H3;3-4H,1-2H2;1-2H2. The fraction of sp³-hybridized carbons (Fsp3) is 0.579. The van der Waals surface area contributed by atoms with Crippen LogP contribution in [-0.2, 0) is 6.42 Å². The van der Waals surface area contributed by atoms with Gasteiger partial charge in [-0.25, -0.2) is 0 Å². The minimum Gasteiger partial charge on any atom is -0.508 e. The zero-order valence-corrected chi connectivity index (χ0v) is 14.1. The molecule has 3 heteroatoms. The van der Waals surface area contributed by atoms with Crippen LogP contribution in [0.2, 0.25) is 0 Å². The number of unbranched alkanes of at least 4 members (excludes halogenated alkanes) is 6. The number of hydrogen-bond donors (Lipinski definition) is 3. The molecule has 3 nitrogen and oxygen atoms in total. The van der Waals surface area contributed by atoms with Crippen LogP contribution < -0.4 is 0 Å². The molecule has 0 fully saturated rings. The van der Waals surface area contributed by atoms with Gasteiger partial charge in [0.1, 0.15) is 5.75 Å². The summed E-state index contributed by atoms with van der Waals surface area (Å²) in [5.74, 6) is 0.452. The molecule has 0 heterocycles. The summed E-state index contributed by atoms with van der Waals surface area (Å²) in [5, 5.41) is 24.8. The Morgan fingerprint density at radius 1 is 0.818 bits per heavy atom. The molecule has 1 aromatic carbocycles. The van der Waals surface area contributed by atoms with E-state index in [2.05, 4.69) is 20.1 Å². The number of aliphatic hydroxyl groups excluding tert-OH is 2. The van der Waals surface area contributed by atoms with Crippen LogP contribution in [-0.4, -0.2) is 28.5 Å². The summed E-state index contributed by atoms with van der Waals surface area (Å²) in [6.45, 7) is 8.00. The van der Waals surface area contributed by atoms with E-state index in [4.69, 9.17) is 10.2 Å². The first-order valence-electron chi connectivity index (χ1n) is 8.24. The summed E-state index contributed by atoms with van der Waals surface area (Å²) in [6.07, 6.45) is 10.3. The number of phenols is 1. The summed E-state index contributed by atoms with van der Waals surface area (Å²) < 4.78 is 0. The zero-order chi connectivity index (χ0) is 17.1. The number of benzene rings is 1. The molecule has 0 atom stereocenters. The third-order valence-corrected chi connectivity index (χ3v) is 3.14. The first-order chi connectivity index (χ1) is 10.8. The van der Waals surface area contributed by atoms with Gasteiger partial charge in [0.15, 0.2) is 0 Å². The number of para-hydroxylation sites is 1. The van der Waals surface area contributed by atoms with Gasteiger partial charge in [0, 0.05) is 0 Å². The second kappa shape index (κ2) is 19.7. The number of hydrogen-bond acceptors (Lipinski definition) is 3. The van der Waals surface area contributed by atoms with Gasteiger partial charge in [0.2, 0.25) is 0 Å². The van der Waals surface area contributed by atoms with E-state index in [0.29, 0.717) is 5.75 Å². The Morgan fingerprint density at radius 2 is 1.32 bits per heavy atom. The molecule has 0 saturated heterocycles. The smallest absolute Gasteiger partial charge is 0.118 e. The van der Waals surface area contributed by atoms with E-state index in [1.807, 2.05) is 18.2 Å². The zero-order valence-electron chi connectivity index (χ0n) is 14.1. The third-order valence-electron chi connectivity index (χ3n) is 3.14. The lowest BCUT2D eigenvalue weighted by Gasteiger charge is -2.04. The molecule has 1 aromatic rings. The SMILES string of the molecule is C=C.CCCCCCCCCc1ccccc1O.OCCO. The highest BCUT2D eigenvalue weighted by molar-refractivity contribution is 5.31. The maximum Gasteiger partial charge on any atom is 0.118 e. The quantitative estimate of drug-likeness (QED) is 0.466. The van der Waals surface area contributed by atoms with Crippen LogP contribution in [0.5, 0.6) is 5.75 Å². The molecule has 0 spiro atoms. The second-order valence-electron chi connectivity index (χ2n) is 4.95. The highest BCUT2D eigenvalue weighted by atomic mass is 16.3. The lowest BCUT2D eigenvalue weighted by Crippen LogP contribution is -1.87. The fourth-order valence-electron chi connectivity index (χ4n) is 1.99. The molecule has 22 heavy (non-hydrogen) atoms. The van der Waals surface area contributed by atoms with Crippen molar-refractivity contribution < 1.29 is 15.3 Å². The first-order valence-corrected chi connectivity index (χ1v) is 8.24. The summed E-state index contributed by atoms with van der Waals surface area (Å²) in [5.41, 5.74) is 1.09. The van der Waals surface area contributed by atoms with Crippen LogP contribution in [0.1, 0.15) is 57.4 Å². The van der Waals surface area contributed by atoms with Gasteiger partial charge in [-0.2, -0.15) is 0 Å². The van der Waals surface area contributed by atoms with Crippen LogP contribution in [0.4, 0.5) is 0 Å². The molecule has 0 aliphatic rings. The van der Waals surface area contributed by atoms with Crippen molar-refractivity contribution in [1.82, 2.24) is 0 Å². The van der Waals surface area contributed by atoms with Crippen LogP contribution >= 0.6 is 0 Å². The van der Waals surface area contributed by atoms with Crippen molar-refractivity contribution in [3.05, 3.63) is 43.0 Å². The number of aromatic hydroxyl groups is 1. The molecular formula is C19H34O3. The number of aliphatic hydroxyl groups is 2. The predicted octanol–water partition coefficient (Wildman–Crippen LogP) is 4.46. The van der Waals surface area contributed by atoms with E-state index in [1.54, 1.807) is 6.07 Å². The van der Waals surface area contributed by atoms with Crippen molar-refractivity contribution in [2.24, 2.45) is 0 Å². The first kappa shape index (κ1) is 23.0. The summed E-state index contributed by atoms with van der Waals surface area (Å²) in [7, 11) is 0. The van der Waals surface area contributed by atoms with E-state index >= 15 is 0 Å². The maximum atomic E-state index is 9.58. The van der Waals surface area contributed by atoms with Gasteiger partial charge >= 0.3 is 0 Å². The molecule has 0 aliphatic carbocycles. The average molecular weight is 310 g/mol. The number of aryl methyl sites for hydroxylation is 1. The second-order valence-corrected chi connectivity index (χ2v) is 4.95. The van der Waals surface area contributed by atoms with Crippen LogP contribution in [0.3, 0.4) is 0 Å². The normalized spacial score (nSPS) is 9.23. The van der Waals surface area contributed by atoms with Gasteiger partial charge in [-0.15, -0.1) is 13.2 Å². The molecule has 0 aromatic heterocycles. The highest BCUT2D eigenvalue weighted by Crippen LogP contribution is 2.18. The van der Waals surface area contributed by atoms with Gasteiger partial charge in [0.05, 0.1) is 13.2 Å². The monoisotopic (exact) mass is 310 g/mol. The van der Waals surface area contributed by atoms with Crippen molar-refractivity contribution in [2.45, 2.75) is 58.3 Å². The molecule has 0 bridgehead atoms. The Morgan fingerprint density at radius 3 is 1.82 bits per heavy atom. The molecule has 1 rings (SSSR count). The Hall–Kier alpha value is -1.32. The lowest BCUT2D eigenvalue weighted by molar-refractivity contribution is 0.186. The third kappa shape index (κ3) is 15.1. The molecule has 3 N–H and O–H groups in total. The van der Waals surface area contributed by atoms with Crippen LogP contribution in [0.15, 0.2) is 37.4 Å². The lowest BCUT2D eigenvalue weighted by atomic mass is 10.0. The molecule has 0 unspecified atom stereocenters. The van der Waals surface area contributed by atoms with Gasteiger partial charge in [-0.3, -0.25) is 0 Å². The summed E-state index contributed by atoms with van der Waals surface area (Å²) in [6, 6.07) is 7.67. The minimum atomic E-state index is -0.125. The Bertz CT molecular complexity index is 324. The van der Waals surface area contributed by atoms with Crippen LogP contribution in [0, 0.1) is 0 Å². The van der Waals surface area contributed by atoms with E-state index < -0.39 is 0 Å². The Labute approximate surface area is 136 Å². The highest BCUT2D eigenvalue weighted by Gasteiger charge is 1.98. The number of phenolic OH excluding ortho intramolecular Hbond substituents is 1. The average Bonchev–Trinajstić information content (AvgIpc) is 2.57. The Balaban J connectivity index is 0. The topological polar surface area (TPSA) is 60.7 Å². The van der Waals surface area contributed by atoms with Crippen molar-refractivity contribution >= 4 is 0 Å². The van der Waals surface area contributed by atoms with E-state index in [0.717, 1.165) is 12.0 Å². The van der Waals surface area contributed by atoms with E-state index in [9.17, 15) is 5.11 Å². The fourth-order valence-corrected chi connectivity index (χ4v) is 1.99. The minimum absolute atomic E-state index is 0.125. The van der Waals surface area contributed by atoms with Crippen molar-refractivity contribution in [1.29, 1.82) is 0 Å². The van der Waals surface area contributed by atoms with Gasteiger partial charge in [0.25, 0.3) is 0 Å². The summed E-state index contributed by atoms with van der Waals surface area (Å²) >= 11 is 0. The van der Waals surface area contributed by atoms with Crippen LogP contribution in [0.25, 0.3) is 0 Å². The van der Waals surface area contributed by atoms with E-state index in [-0.39, 0.29) is 13.2 Å². The predicted molar refractivity (Wildman–Crippen MR) is 95.2 cm³/mol. The maximum absolute atomic E-state index is 9.58. The largest absolute Gasteiger partial charge is 0.508 e. The van der Waals surface area contributed by atoms with Gasteiger partial charge < -0.3 is 15.3 Å². The molecule has 128 valence electrons. The van der Waals surface area contributed by atoms with Crippen molar-refractivity contribution in [3.8, 4) is 5.75 Å². The molecule has 0 amide bonds. The molecular weight excluding hydrogens is 276 g/mol. The molecule has 0 radical (unpaired) electrons. The Kier molecular flexibility index (Phi) is 20.5. The number of rotatable bonds is 9. The summed E-state index contributed by atoms with van der Waals surface area (Å²) in [4.78, 5) is 0. The van der Waals surface area contributed by atoms with E-state index in [1.165, 1.54) is 44.9 Å². The van der Waals surface area contributed by atoms with Crippen molar-refractivity contribution in [2.75, 3.05) is 13.2 Å². The molecule has 0 saturated carbocycles.